The molecule has 0 radical (unpaired) electrons. The predicted octanol–water partition coefficient (Wildman–Crippen LogP) is 3.00. The smallest absolute Gasteiger partial charge is 0.330 e. The molecular weight excluding hydrogens is 573 g/mol. The van der Waals surface area contributed by atoms with Crippen molar-refractivity contribution < 1.29 is 28.6 Å². The van der Waals surface area contributed by atoms with Gasteiger partial charge in [-0.15, -0.1) is 0 Å². The van der Waals surface area contributed by atoms with Gasteiger partial charge in [0.15, 0.2) is 0 Å². The normalized spacial score (nSPS) is 29.7. The first-order chi connectivity index (χ1) is 18.6. The summed E-state index contributed by atoms with van der Waals surface area (Å²) in [6.45, 7) is 1.77. The standard InChI is InChI=1S/C27H31BrFN5O5/c1-14-24(32-20-10-16(29)9-18(28)22(20)31-14)39-17-11-21-23(35)33-27(26(37)38)12-15(27)7-5-3-2-4-6-8-19(30)25(36)34(21)13-17/h5,7,9-10,15,17,19,21H,2-4,6,8,11-13,30H2,1H3,(H,33,35)(H,37,38). The number of carboxylic acid groups (broad SMARTS) is 1. The second-order valence-corrected chi connectivity index (χ2v) is 11.5. The molecule has 3 aliphatic rings. The molecule has 4 N–H and O–H groups in total. The van der Waals surface area contributed by atoms with Crippen LogP contribution in [0.5, 0.6) is 5.88 Å². The Balaban J connectivity index is 1.41. The van der Waals surface area contributed by atoms with Crippen molar-refractivity contribution in [2.24, 2.45) is 11.7 Å². The molecule has 2 aromatic rings. The van der Waals surface area contributed by atoms with E-state index in [9.17, 15) is 23.9 Å². The van der Waals surface area contributed by atoms with Gasteiger partial charge in [0.25, 0.3) is 0 Å². The Labute approximate surface area is 233 Å². The van der Waals surface area contributed by atoms with Crippen molar-refractivity contribution in [3.63, 3.8) is 0 Å². The molecule has 1 aromatic carbocycles. The Hall–Kier alpha value is -3.12. The number of aryl methyl sites for hydroxylation is 1. The number of nitrogens with one attached hydrogen (secondary N) is 1. The van der Waals surface area contributed by atoms with Gasteiger partial charge in [0.2, 0.25) is 17.7 Å². The van der Waals surface area contributed by atoms with Crippen LogP contribution >= 0.6 is 15.9 Å². The number of halogens is 2. The van der Waals surface area contributed by atoms with Gasteiger partial charge in [0, 0.05) is 22.9 Å². The fourth-order valence-electron chi connectivity index (χ4n) is 5.47. The number of fused-ring (bicyclic) bond motifs is 3. The molecule has 10 nitrogen and oxygen atoms in total. The third-order valence-corrected chi connectivity index (χ3v) is 8.36. The average molecular weight is 604 g/mol. The van der Waals surface area contributed by atoms with Crippen LogP contribution in [0, 0.1) is 18.7 Å². The highest BCUT2D eigenvalue weighted by Crippen LogP contribution is 2.45. The van der Waals surface area contributed by atoms with Gasteiger partial charge in [-0.2, -0.15) is 0 Å². The number of carbonyl (C=O) groups excluding carboxylic acids is 2. The first kappa shape index (κ1) is 27.4. The van der Waals surface area contributed by atoms with Crippen LogP contribution in [-0.2, 0) is 14.4 Å². The number of allylic oxidation sites excluding steroid dienone is 1. The molecule has 5 rings (SSSR count). The maximum absolute atomic E-state index is 14.0. The van der Waals surface area contributed by atoms with Gasteiger partial charge in [0.1, 0.15) is 34.7 Å². The van der Waals surface area contributed by atoms with E-state index in [1.807, 2.05) is 12.2 Å². The Morgan fingerprint density at radius 3 is 2.85 bits per heavy atom. The molecular formula is C27H31BrFN5O5. The molecule has 2 amide bonds. The molecule has 208 valence electrons. The number of amides is 2. The summed E-state index contributed by atoms with van der Waals surface area (Å²) in [6, 6.07) is 0.807. The largest absolute Gasteiger partial charge is 0.479 e. The summed E-state index contributed by atoms with van der Waals surface area (Å²) in [5.74, 6) is -2.66. The van der Waals surface area contributed by atoms with Gasteiger partial charge in [0.05, 0.1) is 18.1 Å². The molecule has 5 unspecified atom stereocenters. The summed E-state index contributed by atoms with van der Waals surface area (Å²) < 4.78 is 20.6. The number of carbonyl (C=O) groups is 3. The van der Waals surface area contributed by atoms with Crippen LogP contribution in [-0.4, -0.2) is 68.0 Å². The lowest BCUT2D eigenvalue weighted by Gasteiger charge is -2.27. The minimum absolute atomic E-state index is 0.0695. The molecule has 5 atom stereocenters. The predicted molar refractivity (Wildman–Crippen MR) is 143 cm³/mol. The second-order valence-electron chi connectivity index (χ2n) is 10.6. The van der Waals surface area contributed by atoms with E-state index >= 15 is 0 Å². The number of nitrogens with two attached hydrogens (primary N) is 1. The fraction of sp³-hybridized carbons (Fsp3) is 0.519. The van der Waals surface area contributed by atoms with E-state index in [2.05, 4.69) is 31.2 Å². The second kappa shape index (κ2) is 10.8. The van der Waals surface area contributed by atoms with Crippen molar-refractivity contribution in [3.05, 3.63) is 40.3 Å². The number of hydrogen-bond acceptors (Lipinski definition) is 7. The number of ether oxygens (including phenoxy) is 1. The van der Waals surface area contributed by atoms with Crippen molar-refractivity contribution >= 4 is 44.7 Å². The lowest BCUT2D eigenvalue weighted by atomic mass is 10.1. The van der Waals surface area contributed by atoms with Gasteiger partial charge in [-0.1, -0.05) is 25.0 Å². The fourth-order valence-corrected chi connectivity index (χ4v) is 5.98. The molecule has 1 aliphatic carbocycles. The number of aliphatic carboxylic acids is 1. The topological polar surface area (TPSA) is 148 Å². The molecule has 1 saturated heterocycles. The Bertz CT molecular complexity index is 1360. The van der Waals surface area contributed by atoms with Gasteiger partial charge >= 0.3 is 5.97 Å². The third kappa shape index (κ3) is 5.49. The maximum atomic E-state index is 14.0. The molecule has 2 aliphatic heterocycles. The van der Waals surface area contributed by atoms with Crippen molar-refractivity contribution in [3.8, 4) is 5.88 Å². The highest BCUT2D eigenvalue weighted by molar-refractivity contribution is 9.10. The minimum Gasteiger partial charge on any atom is -0.479 e. The molecule has 2 fully saturated rings. The highest BCUT2D eigenvalue weighted by Gasteiger charge is 2.61. The Morgan fingerprint density at radius 2 is 2.08 bits per heavy atom. The van der Waals surface area contributed by atoms with E-state index in [0.29, 0.717) is 34.0 Å². The number of nitrogens with zero attached hydrogens (tertiary/aromatic N) is 3. The molecule has 1 aromatic heterocycles. The van der Waals surface area contributed by atoms with Crippen LogP contribution < -0.4 is 15.8 Å². The molecule has 1 saturated carbocycles. The summed E-state index contributed by atoms with van der Waals surface area (Å²) in [4.78, 5) is 49.3. The summed E-state index contributed by atoms with van der Waals surface area (Å²) in [5, 5.41) is 12.6. The molecule has 3 heterocycles. The molecule has 0 spiro atoms. The van der Waals surface area contributed by atoms with Gasteiger partial charge in [-0.05, 0) is 54.6 Å². The zero-order chi connectivity index (χ0) is 27.9. The summed E-state index contributed by atoms with van der Waals surface area (Å²) in [5.41, 5.74) is 6.10. The van der Waals surface area contributed by atoms with Gasteiger partial charge in [-0.3, -0.25) is 9.59 Å². The van der Waals surface area contributed by atoms with Crippen LogP contribution in [0.25, 0.3) is 11.0 Å². The summed E-state index contributed by atoms with van der Waals surface area (Å²) in [6.07, 6.45) is 7.47. The Kier molecular flexibility index (Phi) is 7.60. The van der Waals surface area contributed by atoms with Crippen molar-refractivity contribution in [1.29, 1.82) is 0 Å². The summed E-state index contributed by atoms with van der Waals surface area (Å²) >= 11 is 3.30. The Morgan fingerprint density at radius 1 is 1.28 bits per heavy atom. The van der Waals surface area contributed by atoms with Crippen LogP contribution in [0.1, 0.15) is 50.6 Å². The van der Waals surface area contributed by atoms with E-state index in [1.165, 1.54) is 17.0 Å². The summed E-state index contributed by atoms with van der Waals surface area (Å²) in [7, 11) is 0. The van der Waals surface area contributed by atoms with E-state index < -0.39 is 41.4 Å². The van der Waals surface area contributed by atoms with E-state index in [-0.39, 0.29) is 30.7 Å². The van der Waals surface area contributed by atoms with Crippen LogP contribution in [0.3, 0.4) is 0 Å². The van der Waals surface area contributed by atoms with E-state index in [1.54, 1.807) is 6.92 Å². The maximum Gasteiger partial charge on any atom is 0.330 e. The van der Waals surface area contributed by atoms with E-state index in [4.69, 9.17) is 10.5 Å². The lowest BCUT2D eigenvalue weighted by Crippen LogP contribution is -2.55. The van der Waals surface area contributed by atoms with E-state index in [0.717, 1.165) is 25.7 Å². The number of rotatable bonds is 3. The zero-order valence-electron chi connectivity index (χ0n) is 21.5. The number of carboxylic acids is 1. The van der Waals surface area contributed by atoms with Crippen LogP contribution in [0.4, 0.5) is 4.39 Å². The highest BCUT2D eigenvalue weighted by atomic mass is 79.9. The van der Waals surface area contributed by atoms with Gasteiger partial charge < -0.3 is 25.8 Å². The number of hydrogen-bond donors (Lipinski definition) is 3. The SMILES string of the molecule is Cc1nc2c(Br)cc(F)cc2nc1OC1CC2C(=O)NC3(C(=O)O)CC3C=CCCCCCC(N)C(=O)N2C1. The number of benzene rings is 1. The molecule has 0 bridgehead atoms. The number of aromatic nitrogens is 2. The van der Waals surface area contributed by atoms with Crippen molar-refractivity contribution in [2.75, 3.05) is 6.54 Å². The quantitative estimate of drug-likeness (QED) is 0.453. The molecule has 12 heteroatoms. The van der Waals surface area contributed by atoms with Crippen molar-refractivity contribution in [2.45, 2.75) is 75.6 Å². The van der Waals surface area contributed by atoms with Gasteiger partial charge in [-0.25, -0.2) is 19.2 Å². The monoisotopic (exact) mass is 603 g/mol. The molecule has 39 heavy (non-hydrogen) atoms. The first-order valence-electron chi connectivity index (χ1n) is 13.2. The van der Waals surface area contributed by atoms with Crippen molar-refractivity contribution in [1.82, 2.24) is 20.2 Å². The first-order valence-corrected chi connectivity index (χ1v) is 14.0. The lowest BCUT2D eigenvalue weighted by molar-refractivity contribution is -0.145. The van der Waals surface area contributed by atoms with Crippen LogP contribution in [0.15, 0.2) is 28.8 Å². The minimum atomic E-state index is -1.39. The third-order valence-electron chi connectivity index (χ3n) is 7.76. The average Bonchev–Trinajstić information content (AvgIpc) is 3.41. The van der Waals surface area contributed by atoms with Crippen LogP contribution in [0.2, 0.25) is 0 Å². The zero-order valence-corrected chi connectivity index (χ0v) is 23.1.